The topological polar surface area (TPSA) is 68.1 Å². The fraction of sp³-hybridized carbons (Fsp3) is 0.444. The number of imidazole rings is 1. The summed E-state index contributed by atoms with van der Waals surface area (Å²) >= 11 is 1.88. The minimum absolute atomic E-state index is 0.738. The average molecular weight is 489 g/mol. The third kappa shape index (κ3) is 5.10. The molecule has 4 aromatic rings. The minimum Gasteiger partial charge on any atom is -0.379 e. The summed E-state index contributed by atoms with van der Waals surface area (Å²) < 4.78 is 7.62. The largest absolute Gasteiger partial charge is 0.379 e. The summed E-state index contributed by atoms with van der Waals surface area (Å²) in [5, 5.41) is 4.96. The Morgan fingerprint density at radius 3 is 2.89 bits per heavy atom. The molecule has 4 heterocycles. The van der Waals surface area contributed by atoms with Gasteiger partial charge in [0.1, 0.15) is 16.5 Å². The first kappa shape index (κ1) is 22.6. The van der Waals surface area contributed by atoms with Gasteiger partial charge in [-0.2, -0.15) is 0 Å². The number of thiophene rings is 1. The molecule has 1 unspecified atom stereocenters. The van der Waals surface area contributed by atoms with Crippen LogP contribution in [0.5, 0.6) is 0 Å². The molecule has 7 nitrogen and oxygen atoms in total. The highest BCUT2D eigenvalue weighted by atomic mass is 32.1. The van der Waals surface area contributed by atoms with Crippen molar-refractivity contribution in [3.63, 3.8) is 0 Å². The van der Waals surface area contributed by atoms with E-state index < -0.39 is 0 Å². The molecule has 1 aliphatic carbocycles. The highest BCUT2D eigenvalue weighted by molar-refractivity contribution is 7.19. The molecule has 1 N–H and O–H groups in total. The van der Waals surface area contributed by atoms with Gasteiger partial charge < -0.3 is 14.6 Å². The number of hydrogen-bond donors (Lipinski definition) is 1. The lowest BCUT2D eigenvalue weighted by Crippen LogP contribution is -2.36. The Kier molecular flexibility index (Phi) is 6.50. The number of nitrogens with zero attached hydrogens (tertiary/aromatic N) is 5. The summed E-state index contributed by atoms with van der Waals surface area (Å²) in [5.41, 5.74) is 3.99. The smallest absolute Gasteiger partial charge is 0.146 e. The third-order valence-corrected chi connectivity index (χ3v) is 8.19. The SMILES string of the molecule is CC1CCc2c(sc3nc(CN4CCOCC4)nc(NCc4cccc(Cn5ccnc5)c4)c23)C1. The van der Waals surface area contributed by atoms with Crippen LogP contribution in [0, 0.1) is 5.92 Å². The van der Waals surface area contributed by atoms with Crippen molar-refractivity contribution in [3.8, 4) is 0 Å². The highest BCUT2D eigenvalue weighted by Gasteiger charge is 2.24. The maximum Gasteiger partial charge on any atom is 0.146 e. The number of aryl methyl sites for hydroxylation is 1. The van der Waals surface area contributed by atoms with Gasteiger partial charge in [-0.3, -0.25) is 4.90 Å². The molecule has 0 amide bonds. The third-order valence-electron chi connectivity index (χ3n) is 7.05. The maximum atomic E-state index is 5.53. The molecule has 2 aliphatic rings. The second-order valence-electron chi connectivity index (χ2n) is 9.82. The van der Waals surface area contributed by atoms with E-state index in [1.165, 1.54) is 33.4 Å². The van der Waals surface area contributed by atoms with Gasteiger partial charge >= 0.3 is 0 Å². The van der Waals surface area contributed by atoms with E-state index in [2.05, 4.69) is 51.0 Å². The number of ether oxygens (including phenoxy) is 1. The Bertz CT molecular complexity index is 1290. The predicted octanol–water partition coefficient (Wildman–Crippen LogP) is 4.51. The van der Waals surface area contributed by atoms with Crippen LogP contribution in [0.3, 0.4) is 0 Å². The molecule has 1 aliphatic heterocycles. The van der Waals surface area contributed by atoms with Gasteiger partial charge in [-0.15, -0.1) is 11.3 Å². The average Bonchev–Trinajstić information content (AvgIpc) is 3.50. The van der Waals surface area contributed by atoms with Gasteiger partial charge in [0.25, 0.3) is 0 Å². The van der Waals surface area contributed by atoms with E-state index in [1.54, 1.807) is 0 Å². The Balaban J connectivity index is 1.28. The summed E-state index contributed by atoms with van der Waals surface area (Å²) in [7, 11) is 0. The normalized spacial score (nSPS) is 18.6. The minimum atomic E-state index is 0.738. The van der Waals surface area contributed by atoms with E-state index in [0.717, 1.165) is 81.2 Å². The Morgan fingerprint density at radius 1 is 1.14 bits per heavy atom. The van der Waals surface area contributed by atoms with Crippen molar-refractivity contribution >= 4 is 27.4 Å². The summed E-state index contributed by atoms with van der Waals surface area (Å²) in [4.78, 5) is 19.3. The van der Waals surface area contributed by atoms with Crippen LogP contribution in [0.25, 0.3) is 10.2 Å². The standard InChI is InChI=1S/C27H32N6OS/c1-19-5-6-22-23(13-19)35-27-25(22)26(30-24(31-27)17-32-9-11-34-12-10-32)29-15-20-3-2-4-21(14-20)16-33-8-7-28-18-33/h2-4,7-8,14,18-19H,5-6,9-13,15-17H2,1H3,(H,29,30,31). The molecule has 6 rings (SSSR count). The van der Waals surface area contributed by atoms with Gasteiger partial charge in [0.05, 0.1) is 31.5 Å². The number of morpholine rings is 1. The zero-order chi connectivity index (χ0) is 23.6. The van der Waals surface area contributed by atoms with Crippen molar-refractivity contribution in [2.75, 3.05) is 31.6 Å². The molecule has 3 aromatic heterocycles. The summed E-state index contributed by atoms with van der Waals surface area (Å²) in [6.45, 7) is 8.14. The number of rotatable bonds is 7. The van der Waals surface area contributed by atoms with E-state index in [9.17, 15) is 0 Å². The molecule has 0 radical (unpaired) electrons. The van der Waals surface area contributed by atoms with Crippen LogP contribution in [0.4, 0.5) is 5.82 Å². The van der Waals surface area contributed by atoms with E-state index in [-0.39, 0.29) is 0 Å². The van der Waals surface area contributed by atoms with Crippen molar-refractivity contribution < 1.29 is 4.74 Å². The van der Waals surface area contributed by atoms with Crippen molar-refractivity contribution in [3.05, 3.63) is 70.4 Å². The number of hydrogen-bond acceptors (Lipinski definition) is 7. The zero-order valence-corrected chi connectivity index (χ0v) is 21.1. The van der Waals surface area contributed by atoms with Gasteiger partial charge in [-0.1, -0.05) is 31.2 Å². The Morgan fingerprint density at radius 2 is 2.03 bits per heavy atom. The molecular weight excluding hydrogens is 456 g/mol. The molecule has 1 atom stereocenters. The molecule has 0 bridgehead atoms. The summed E-state index contributed by atoms with van der Waals surface area (Å²) in [6.07, 6.45) is 9.20. The fourth-order valence-electron chi connectivity index (χ4n) is 5.16. The van der Waals surface area contributed by atoms with Gasteiger partial charge in [-0.05, 0) is 41.9 Å². The van der Waals surface area contributed by atoms with Gasteiger partial charge in [0.15, 0.2) is 0 Å². The Labute approximate surface area is 210 Å². The van der Waals surface area contributed by atoms with Crippen molar-refractivity contribution in [2.24, 2.45) is 5.92 Å². The fourth-order valence-corrected chi connectivity index (χ4v) is 6.56. The highest BCUT2D eigenvalue weighted by Crippen LogP contribution is 2.40. The lowest BCUT2D eigenvalue weighted by molar-refractivity contribution is 0.0331. The molecular formula is C27H32N6OS. The Hall–Kier alpha value is -2.81. The van der Waals surface area contributed by atoms with E-state index in [1.807, 2.05) is 30.1 Å². The molecule has 182 valence electrons. The van der Waals surface area contributed by atoms with Crippen LogP contribution in [-0.4, -0.2) is 50.7 Å². The van der Waals surface area contributed by atoms with Crippen LogP contribution in [0.2, 0.25) is 0 Å². The van der Waals surface area contributed by atoms with Crippen LogP contribution < -0.4 is 5.32 Å². The lowest BCUT2D eigenvalue weighted by Gasteiger charge is -2.26. The quantitative estimate of drug-likeness (QED) is 0.413. The predicted molar refractivity (Wildman–Crippen MR) is 140 cm³/mol. The second-order valence-corrected chi connectivity index (χ2v) is 10.9. The van der Waals surface area contributed by atoms with E-state index in [0.29, 0.717) is 0 Å². The molecule has 1 saturated heterocycles. The van der Waals surface area contributed by atoms with Gasteiger partial charge in [0, 0.05) is 43.4 Å². The number of benzene rings is 1. The van der Waals surface area contributed by atoms with Crippen molar-refractivity contribution in [2.45, 2.75) is 45.8 Å². The molecule has 1 aromatic carbocycles. The van der Waals surface area contributed by atoms with Crippen molar-refractivity contribution in [1.82, 2.24) is 24.4 Å². The first-order valence-corrected chi connectivity index (χ1v) is 13.4. The lowest BCUT2D eigenvalue weighted by atomic mass is 9.89. The number of nitrogens with one attached hydrogen (secondary N) is 1. The van der Waals surface area contributed by atoms with Crippen molar-refractivity contribution in [1.29, 1.82) is 0 Å². The number of anilines is 1. The summed E-state index contributed by atoms with van der Waals surface area (Å²) in [5.74, 6) is 2.64. The number of aromatic nitrogens is 4. The van der Waals surface area contributed by atoms with Crippen LogP contribution in [-0.2, 0) is 37.2 Å². The van der Waals surface area contributed by atoms with Gasteiger partial charge in [0.2, 0.25) is 0 Å². The molecule has 0 saturated carbocycles. The van der Waals surface area contributed by atoms with Crippen LogP contribution in [0.1, 0.15) is 40.7 Å². The first-order chi connectivity index (χ1) is 17.2. The summed E-state index contributed by atoms with van der Waals surface area (Å²) in [6, 6.07) is 8.76. The number of fused-ring (bicyclic) bond motifs is 3. The molecule has 35 heavy (non-hydrogen) atoms. The second kappa shape index (κ2) is 10.0. The van der Waals surface area contributed by atoms with Crippen LogP contribution in [0.15, 0.2) is 43.0 Å². The maximum absolute atomic E-state index is 5.53. The first-order valence-electron chi connectivity index (χ1n) is 12.6. The zero-order valence-electron chi connectivity index (χ0n) is 20.2. The monoisotopic (exact) mass is 488 g/mol. The molecule has 8 heteroatoms. The van der Waals surface area contributed by atoms with E-state index in [4.69, 9.17) is 14.7 Å². The van der Waals surface area contributed by atoms with Crippen LogP contribution >= 0.6 is 11.3 Å². The van der Waals surface area contributed by atoms with E-state index >= 15 is 0 Å². The molecule has 0 spiro atoms. The van der Waals surface area contributed by atoms with Gasteiger partial charge in [-0.25, -0.2) is 15.0 Å². The molecule has 1 fully saturated rings.